The number of rotatable bonds is 3. The second kappa shape index (κ2) is 14.5. The van der Waals surface area contributed by atoms with E-state index in [1.807, 2.05) is 0 Å². The third-order valence-electron chi connectivity index (χ3n) is 16.5. The van der Waals surface area contributed by atoms with Crippen molar-refractivity contribution in [3.05, 3.63) is 197 Å². The molecular formula is C66H65BN2. The van der Waals surface area contributed by atoms with Gasteiger partial charge in [-0.3, -0.25) is 0 Å². The van der Waals surface area contributed by atoms with E-state index in [9.17, 15) is 0 Å². The van der Waals surface area contributed by atoms with Crippen molar-refractivity contribution in [2.24, 2.45) is 0 Å². The largest absolute Gasteiger partial charge is 0.311 e. The molecule has 342 valence electrons. The molecule has 4 aliphatic rings. The van der Waals surface area contributed by atoms with Crippen molar-refractivity contribution in [1.82, 2.24) is 0 Å². The Bertz CT molecular complexity index is 3450. The smallest absolute Gasteiger partial charge is 0.252 e. The summed E-state index contributed by atoms with van der Waals surface area (Å²) in [6, 6.07) is 61.6. The topological polar surface area (TPSA) is 6.48 Å². The minimum atomic E-state index is -0.130. The van der Waals surface area contributed by atoms with E-state index in [1.54, 1.807) is 0 Å². The molecule has 8 aromatic rings. The lowest BCUT2D eigenvalue weighted by atomic mass is 9.33. The number of nitrogens with zero attached hydrogens (tertiary/aromatic N) is 2. The Hall–Kier alpha value is -6.58. The van der Waals surface area contributed by atoms with Crippen LogP contribution in [0.25, 0.3) is 33.4 Å². The van der Waals surface area contributed by atoms with Gasteiger partial charge in [0.15, 0.2) is 0 Å². The van der Waals surface area contributed by atoms with E-state index in [0.717, 1.165) is 0 Å². The summed E-state index contributed by atoms with van der Waals surface area (Å²) in [5.41, 5.74) is 28.6. The maximum Gasteiger partial charge on any atom is 0.252 e. The van der Waals surface area contributed by atoms with Crippen LogP contribution in [0.2, 0.25) is 0 Å². The Labute approximate surface area is 412 Å². The lowest BCUT2D eigenvalue weighted by Crippen LogP contribution is -2.61. The first-order chi connectivity index (χ1) is 32.6. The van der Waals surface area contributed by atoms with Crippen LogP contribution in [0.15, 0.2) is 158 Å². The van der Waals surface area contributed by atoms with E-state index >= 15 is 0 Å². The number of benzene rings is 8. The summed E-state index contributed by atoms with van der Waals surface area (Å²) in [5, 5.41) is 0. The van der Waals surface area contributed by atoms with Crippen molar-refractivity contribution in [2.45, 2.75) is 117 Å². The van der Waals surface area contributed by atoms with E-state index in [-0.39, 0.29) is 33.8 Å². The van der Waals surface area contributed by atoms with Gasteiger partial charge in [0.25, 0.3) is 6.71 Å². The van der Waals surface area contributed by atoms with Gasteiger partial charge in [-0.15, -0.1) is 0 Å². The van der Waals surface area contributed by atoms with Crippen LogP contribution < -0.4 is 26.2 Å². The van der Waals surface area contributed by atoms with E-state index in [4.69, 9.17) is 0 Å². The molecule has 0 aromatic heterocycles. The van der Waals surface area contributed by atoms with Gasteiger partial charge in [0, 0.05) is 45.0 Å². The molecule has 0 atom stereocenters. The predicted octanol–water partition coefficient (Wildman–Crippen LogP) is 15.9. The number of hydrogen-bond acceptors (Lipinski definition) is 2. The van der Waals surface area contributed by atoms with E-state index in [0.29, 0.717) is 0 Å². The predicted molar refractivity (Wildman–Crippen MR) is 297 cm³/mol. The number of hydrogen-bond donors (Lipinski definition) is 0. The first kappa shape index (κ1) is 43.7. The third kappa shape index (κ3) is 6.38. The molecule has 0 fully saturated rings. The Kier molecular flexibility index (Phi) is 9.17. The maximum absolute atomic E-state index is 2.64. The van der Waals surface area contributed by atoms with Gasteiger partial charge >= 0.3 is 0 Å². The minimum Gasteiger partial charge on any atom is -0.311 e. The van der Waals surface area contributed by atoms with Crippen molar-refractivity contribution in [3.8, 4) is 33.4 Å². The molecular weight excluding hydrogens is 832 g/mol. The molecule has 3 heteroatoms. The molecule has 0 N–H and O–H groups in total. The maximum atomic E-state index is 2.64. The van der Waals surface area contributed by atoms with Gasteiger partial charge < -0.3 is 9.80 Å². The summed E-state index contributed by atoms with van der Waals surface area (Å²) in [6.07, 6.45) is 0. The second-order valence-electron chi connectivity index (χ2n) is 24.7. The van der Waals surface area contributed by atoms with Crippen molar-refractivity contribution in [3.63, 3.8) is 0 Å². The first-order valence-corrected chi connectivity index (χ1v) is 25.3. The lowest BCUT2D eigenvalue weighted by molar-refractivity contribution is 0.590. The fraction of sp³-hybridized carbons (Fsp3) is 0.273. The van der Waals surface area contributed by atoms with Gasteiger partial charge in [-0.1, -0.05) is 199 Å². The summed E-state index contributed by atoms with van der Waals surface area (Å²) < 4.78 is 0. The summed E-state index contributed by atoms with van der Waals surface area (Å²) in [4.78, 5) is 5.25. The number of anilines is 6. The van der Waals surface area contributed by atoms with Crippen LogP contribution >= 0.6 is 0 Å². The van der Waals surface area contributed by atoms with Crippen LogP contribution in [0.4, 0.5) is 34.1 Å². The molecule has 2 aliphatic carbocycles. The summed E-state index contributed by atoms with van der Waals surface area (Å²) in [5.74, 6) is 0. The fourth-order valence-corrected chi connectivity index (χ4v) is 12.5. The first-order valence-electron chi connectivity index (χ1n) is 25.3. The fourth-order valence-electron chi connectivity index (χ4n) is 12.5. The van der Waals surface area contributed by atoms with Gasteiger partial charge in [-0.2, -0.15) is 0 Å². The molecule has 2 aliphatic heterocycles. The molecule has 0 saturated carbocycles. The van der Waals surface area contributed by atoms with Crippen LogP contribution in [0.1, 0.15) is 129 Å². The zero-order valence-corrected chi connectivity index (χ0v) is 43.0. The Morgan fingerprint density at radius 3 is 1.39 bits per heavy atom. The Morgan fingerprint density at radius 2 is 0.812 bits per heavy atom. The van der Waals surface area contributed by atoms with Crippen molar-refractivity contribution < 1.29 is 0 Å². The highest BCUT2D eigenvalue weighted by molar-refractivity contribution is 7.00. The molecule has 8 aromatic carbocycles. The van der Waals surface area contributed by atoms with Gasteiger partial charge in [0.05, 0.1) is 0 Å². The molecule has 0 bridgehead atoms. The molecule has 0 spiro atoms. The minimum absolute atomic E-state index is 0.0323. The van der Waals surface area contributed by atoms with Gasteiger partial charge in [-0.05, 0) is 153 Å². The summed E-state index contributed by atoms with van der Waals surface area (Å²) in [7, 11) is 0. The van der Waals surface area contributed by atoms with Crippen molar-refractivity contribution in [1.29, 1.82) is 0 Å². The monoisotopic (exact) mass is 897 g/mol. The van der Waals surface area contributed by atoms with E-state index < -0.39 is 0 Å². The van der Waals surface area contributed by atoms with Crippen molar-refractivity contribution in [2.75, 3.05) is 9.80 Å². The molecule has 0 radical (unpaired) electrons. The van der Waals surface area contributed by atoms with Crippen LogP contribution in [-0.2, 0) is 27.1 Å². The van der Waals surface area contributed by atoms with Gasteiger partial charge in [0.2, 0.25) is 0 Å². The Balaban J connectivity index is 1.11. The SMILES string of the molecule is CC(C)(C)c1ccc2c(c1)N(c1ccc(-c3cccc4c3-c3ccccc3C4(C)C)cc1)c1cc(C(C)(C)C)cc3c1B2c1ccc(C(C)(C)C)cc1N3c1ccc2c(c1)C(C)(C)c1ccccc1-2. The standard InChI is InChI=1S/C66H65BN2/c1-62(2,3)41-27-33-54-56(35-41)68(44-29-25-40(26-30-44)46-21-18-24-52-60(46)49-20-15-17-23-51(49)65(52,10)11)58-37-43(64(7,8)9)38-59-61(58)67(54)55-34-28-42(63(4,5)6)36-57(55)69(59)45-31-32-48-47-19-14-16-22-50(47)66(12,13)53(48)39-45/h14-39H,1-13H3. The summed E-state index contributed by atoms with van der Waals surface area (Å²) in [6.45, 7) is 30.8. The van der Waals surface area contributed by atoms with E-state index in [2.05, 4.69) is 258 Å². The molecule has 2 nitrogen and oxygen atoms in total. The van der Waals surface area contributed by atoms with Gasteiger partial charge in [-0.25, -0.2) is 0 Å². The molecule has 0 saturated heterocycles. The highest BCUT2D eigenvalue weighted by Crippen LogP contribution is 2.54. The zero-order valence-electron chi connectivity index (χ0n) is 43.0. The highest BCUT2D eigenvalue weighted by Gasteiger charge is 2.46. The third-order valence-corrected chi connectivity index (χ3v) is 16.5. The molecule has 0 unspecified atom stereocenters. The molecule has 12 rings (SSSR count). The van der Waals surface area contributed by atoms with Crippen LogP contribution in [0.5, 0.6) is 0 Å². The van der Waals surface area contributed by atoms with E-state index in [1.165, 1.54) is 123 Å². The normalized spacial score (nSPS) is 15.8. The number of fused-ring (bicyclic) bond motifs is 10. The average Bonchev–Trinajstić information content (AvgIpc) is 3.69. The average molecular weight is 897 g/mol. The Morgan fingerprint density at radius 1 is 0.362 bits per heavy atom. The highest BCUT2D eigenvalue weighted by atomic mass is 15.2. The quantitative estimate of drug-likeness (QED) is 0.163. The van der Waals surface area contributed by atoms with Crippen LogP contribution in [0.3, 0.4) is 0 Å². The molecule has 0 amide bonds. The van der Waals surface area contributed by atoms with Crippen molar-refractivity contribution >= 4 is 57.2 Å². The second-order valence-corrected chi connectivity index (χ2v) is 24.7. The zero-order chi connectivity index (χ0) is 48.3. The van der Waals surface area contributed by atoms with Crippen LogP contribution in [0, 0.1) is 0 Å². The summed E-state index contributed by atoms with van der Waals surface area (Å²) >= 11 is 0. The lowest BCUT2D eigenvalue weighted by Gasteiger charge is -2.46. The van der Waals surface area contributed by atoms with Crippen LogP contribution in [-0.4, -0.2) is 6.71 Å². The molecule has 69 heavy (non-hydrogen) atoms. The van der Waals surface area contributed by atoms with Gasteiger partial charge in [0.1, 0.15) is 0 Å². The molecule has 2 heterocycles.